The van der Waals surface area contributed by atoms with E-state index in [0.29, 0.717) is 0 Å². The molecular formula is C12H22N2. The van der Waals surface area contributed by atoms with E-state index in [9.17, 15) is 0 Å². The van der Waals surface area contributed by atoms with Crippen LogP contribution in [0.25, 0.3) is 0 Å². The maximum atomic E-state index is 3.84. The van der Waals surface area contributed by atoms with Gasteiger partial charge in [0, 0.05) is 18.1 Å². The molecule has 0 bridgehead atoms. The number of rotatable bonds is 3. The van der Waals surface area contributed by atoms with Crippen LogP contribution in [0, 0.1) is 5.92 Å². The maximum Gasteiger partial charge on any atom is 0.0113 e. The van der Waals surface area contributed by atoms with E-state index in [1.165, 1.54) is 51.5 Å². The Labute approximate surface area is 86.8 Å². The molecule has 3 rings (SSSR count). The van der Waals surface area contributed by atoms with Gasteiger partial charge in [-0.15, -0.1) is 0 Å². The van der Waals surface area contributed by atoms with Crippen molar-refractivity contribution in [2.24, 2.45) is 5.92 Å². The molecule has 2 aliphatic carbocycles. The van der Waals surface area contributed by atoms with E-state index in [2.05, 4.69) is 10.6 Å². The third kappa shape index (κ3) is 1.82. The molecule has 0 amide bonds. The first-order valence-corrected chi connectivity index (χ1v) is 6.43. The highest BCUT2D eigenvalue weighted by molar-refractivity contribution is 4.96. The number of nitrogens with one attached hydrogen (secondary N) is 2. The van der Waals surface area contributed by atoms with Gasteiger partial charge in [0.1, 0.15) is 0 Å². The molecule has 3 unspecified atom stereocenters. The van der Waals surface area contributed by atoms with E-state index in [0.717, 1.165) is 24.0 Å². The Morgan fingerprint density at radius 2 is 1.86 bits per heavy atom. The van der Waals surface area contributed by atoms with Crippen LogP contribution in [0.1, 0.15) is 44.9 Å². The lowest BCUT2D eigenvalue weighted by Crippen LogP contribution is -2.42. The lowest BCUT2D eigenvalue weighted by atomic mass is 9.93. The summed E-state index contributed by atoms with van der Waals surface area (Å²) in [7, 11) is 0. The molecule has 1 aliphatic heterocycles. The summed E-state index contributed by atoms with van der Waals surface area (Å²) in [4.78, 5) is 0. The highest BCUT2D eigenvalue weighted by Gasteiger charge is 2.37. The van der Waals surface area contributed by atoms with Crippen LogP contribution in [0.2, 0.25) is 0 Å². The maximum absolute atomic E-state index is 3.84. The van der Waals surface area contributed by atoms with Gasteiger partial charge in [-0.1, -0.05) is 6.42 Å². The number of hydrogen-bond acceptors (Lipinski definition) is 2. The summed E-state index contributed by atoms with van der Waals surface area (Å²) in [6, 6.07) is 2.58. The standard InChI is InChI=1S/C12H22N2/c1-3-10(11-5-2-8-13-11)12(4-1)14-9-6-7-9/h9-14H,1-8H2. The van der Waals surface area contributed by atoms with Crippen molar-refractivity contribution >= 4 is 0 Å². The van der Waals surface area contributed by atoms with Gasteiger partial charge in [-0.25, -0.2) is 0 Å². The highest BCUT2D eigenvalue weighted by Crippen LogP contribution is 2.34. The van der Waals surface area contributed by atoms with Crippen LogP contribution in [-0.4, -0.2) is 24.7 Å². The van der Waals surface area contributed by atoms with Gasteiger partial charge in [0.2, 0.25) is 0 Å². The molecule has 3 fully saturated rings. The Bertz CT molecular complexity index is 194. The molecule has 3 atom stereocenters. The van der Waals surface area contributed by atoms with Gasteiger partial charge < -0.3 is 10.6 Å². The first kappa shape index (κ1) is 9.17. The topological polar surface area (TPSA) is 24.1 Å². The summed E-state index contributed by atoms with van der Waals surface area (Å²) in [5.41, 5.74) is 0. The van der Waals surface area contributed by atoms with Crippen molar-refractivity contribution in [3.63, 3.8) is 0 Å². The molecule has 80 valence electrons. The lowest BCUT2D eigenvalue weighted by Gasteiger charge is -2.26. The zero-order valence-corrected chi connectivity index (χ0v) is 8.97. The molecule has 0 spiro atoms. The van der Waals surface area contributed by atoms with Gasteiger partial charge in [-0.3, -0.25) is 0 Å². The Kier molecular flexibility index (Phi) is 2.50. The molecule has 1 saturated heterocycles. The van der Waals surface area contributed by atoms with Crippen molar-refractivity contribution in [1.29, 1.82) is 0 Å². The van der Waals surface area contributed by atoms with Crippen molar-refractivity contribution in [3.05, 3.63) is 0 Å². The molecule has 2 N–H and O–H groups in total. The van der Waals surface area contributed by atoms with Gasteiger partial charge in [0.05, 0.1) is 0 Å². The minimum atomic E-state index is 0.841. The smallest absolute Gasteiger partial charge is 0.0113 e. The van der Waals surface area contributed by atoms with Gasteiger partial charge >= 0.3 is 0 Å². The molecule has 2 nitrogen and oxygen atoms in total. The Morgan fingerprint density at radius 3 is 2.57 bits per heavy atom. The van der Waals surface area contributed by atoms with Crippen LogP contribution in [0.3, 0.4) is 0 Å². The highest BCUT2D eigenvalue weighted by atomic mass is 15.0. The Hall–Kier alpha value is -0.0800. The molecule has 2 heteroatoms. The van der Waals surface area contributed by atoms with E-state index >= 15 is 0 Å². The molecule has 0 aromatic carbocycles. The minimum absolute atomic E-state index is 0.841. The minimum Gasteiger partial charge on any atom is -0.314 e. The van der Waals surface area contributed by atoms with E-state index in [1.54, 1.807) is 0 Å². The first-order chi connectivity index (χ1) is 6.93. The zero-order valence-electron chi connectivity index (χ0n) is 8.97. The quantitative estimate of drug-likeness (QED) is 0.714. The van der Waals surface area contributed by atoms with E-state index in [1.807, 2.05) is 0 Å². The summed E-state index contributed by atoms with van der Waals surface area (Å²) < 4.78 is 0. The summed E-state index contributed by atoms with van der Waals surface area (Å²) in [5.74, 6) is 0.943. The van der Waals surface area contributed by atoms with Crippen LogP contribution in [0.5, 0.6) is 0 Å². The van der Waals surface area contributed by atoms with Crippen molar-refractivity contribution in [3.8, 4) is 0 Å². The zero-order chi connectivity index (χ0) is 9.38. The fourth-order valence-electron chi connectivity index (χ4n) is 3.31. The average molecular weight is 194 g/mol. The van der Waals surface area contributed by atoms with Gasteiger partial charge in [0.15, 0.2) is 0 Å². The van der Waals surface area contributed by atoms with Crippen LogP contribution in [0.4, 0.5) is 0 Å². The second-order valence-electron chi connectivity index (χ2n) is 5.35. The fourth-order valence-corrected chi connectivity index (χ4v) is 3.31. The SMILES string of the molecule is C1CNC(C2CCCC2NC2CC2)C1. The molecule has 14 heavy (non-hydrogen) atoms. The van der Waals surface area contributed by atoms with E-state index < -0.39 is 0 Å². The summed E-state index contributed by atoms with van der Waals surface area (Å²) in [5, 5.41) is 7.52. The van der Waals surface area contributed by atoms with E-state index in [4.69, 9.17) is 0 Å². The van der Waals surface area contributed by atoms with E-state index in [-0.39, 0.29) is 0 Å². The van der Waals surface area contributed by atoms with Gasteiger partial charge in [-0.2, -0.15) is 0 Å². The van der Waals surface area contributed by atoms with Crippen LogP contribution in [0.15, 0.2) is 0 Å². The predicted molar refractivity (Wildman–Crippen MR) is 58.3 cm³/mol. The van der Waals surface area contributed by atoms with Crippen molar-refractivity contribution in [1.82, 2.24) is 10.6 Å². The largest absolute Gasteiger partial charge is 0.314 e. The van der Waals surface area contributed by atoms with Crippen LogP contribution < -0.4 is 10.6 Å². The summed E-state index contributed by atoms with van der Waals surface area (Å²) >= 11 is 0. The molecular weight excluding hydrogens is 172 g/mol. The average Bonchev–Trinajstić information content (AvgIpc) is 2.68. The molecule has 1 heterocycles. The molecule has 0 aromatic rings. The van der Waals surface area contributed by atoms with Crippen molar-refractivity contribution in [2.45, 2.75) is 63.1 Å². The second-order valence-corrected chi connectivity index (χ2v) is 5.35. The van der Waals surface area contributed by atoms with Gasteiger partial charge in [-0.05, 0) is 51.0 Å². The van der Waals surface area contributed by atoms with Crippen molar-refractivity contribution < 1.29 is 0 Å². The third-order valence-electron chi connectivity index (χ3n) is 4.21. The first-order valence-electron chi connectivity index (χ1n) is 6.43. The third-order valence-corrected chi connectivity index (χ3v) is 4.21. The molecule has 2 saturated carbocycles. The fraction of sp³-hybridized carbons (Fsp3) is 1.00. The molecule has 0 aromatic heterocycles. The second kappa shape index (κ2) is 3.82. The predicted octanol–water partition coefficient (Wildman–Crippen LogP) is 1.66. The van der Waals surface area contributed by atoms with Crippen LogP contribution >= 0.6 is 0 Å². The summed E-state index contributed by atoms with van der Waals surface area (Å²) in [6.45, 7) is 1.26. The summed E-state index contributed by atoms with van der Waals surface area (Å²) in [6.07, 6.45) is 10.0. The van der Waals surface area contributed by atoms with Crippen LogP contribution in [-0.2, 0) is 0 Å². The monoisotopic (exact) mass is 194 g/mol. The lowest BCUT2D eigenvalue weighted by molar-refractivity contribution is 0.319. The molecule has 3 aliphatic rings. The van der Waals surface area contributed by atoms with Gasteiger partial charge in [0.25, 0.3) is 0 Å². The normalized spacial score (nSPS) is 43.3. The van der Waals surface area contributed by atoms with Crippen molar-refractivity contribution in [2.75, 3.05) is 6.54 Å². The Morgan fingerprint density at radius 1 is 0.929 bits per heavy atom. The Balaban J connectivity index is 1.58. The number of hydrogen-bond donors (Lipinski definition) is 2. The molecule has 0 radical (unpaired) electrons.